The minimum atomic E-state index is -0.597. The molecule has 37 heavy (non-hydrogen) atoms. The van der Waals surface area contributed by atoms with Gasteiger partial charge >= 0.3 is 0 Å². The van der Waals surface area contributed by atoms with Gasteiger partial charge in [0.25, 0.3) is 0 Å². The van der Waals surface area contributed by atoms with E-state index in [1.54, 1.807) is 12.1 Å². The molecule has 2 saturated heterocycles. The minimum absolute atomic E-state index is 0.0253. The summed E-state index contributed by atoms with van der Waals surface area (Å²) >= 11 is 6.84. The van der Waals surface area contributed by atoms with Crippen LogP contribution in [0.3, 0.4) is 0 Å². The van der Waals surface area contributed by atoms with Gasteiger partial charge in [-0.2, -0.15) is 20.0 Å². The van der Waals surface area contributed by atoms with E-state index in [9.17, 15) is 15.6 Å². The second-order valence-corrected chi connectivity index (χ2v) is 9.97. The predicted molar refractivity (Wildman–Crippen MR) is 136 cm³/mol. The first-order valence-corrected chi connectivity index (χ1v) is 12.6. The molecule has 3 aliphatic rings. The van der Waals surface area contributed by atoms with E-state index in [1.807, 2.05) is 4.90 Å². The fraction of sp³-hybridized carbons (Fsp3) is 0.458. The minimum Gasteiger partial charge on any atom is -0.390 e. The van der Waals surface area contributed by atoms with E-state index in [4.69, 9.17) is 16.3 Å². The molecule has 190 valence electrons. The molecule has 3 aromatic rings. The molecule has 4 heterocycles. The number of β-amino-alcohol motifs (C(OH)–C–C–N with tert-alkyl or cyclic N) is 1. The number of anilines is 4. The summed E-state index contributed by atoms with van der Waals surface area (Å²) < 4.78 is 6.66. The van der Waals surface area contributed by atoms with E-state index in [1.165, 1.54) is 10.7 Å². The van der Waals surface area contributed by atoms with Crippen LogP contribution in [-0.4, -0.2) is 75.2 Å². The van der Waals surface area contributed by atoms with Gasteiger partial charge in [-0.1, -0.05) is 11.6 Å². The second kappa shape index (κ2) is 9.65. The Morgan fingerprint density at radius 1 is 1.14 bits per heavy atom. The summed E-state index contributed by atoms with van der Waals surface area (Å²) in [7, 11) is 0. The Balaban J connectivity index is 1.29. The van der Waals surface area contributed by atoms with Gasteiger partial charge in [0.15, 0.2) is 17.2 Å². The molecule has 0 unspecified atom stereocenters. The third kappa shape index (κ3) is 4.72. The van der Waals surface area contributed by atoms with Crippen molar-refractivity contribution in [2.45, 2.75) is 43.5 Å². The number of nitrogens with zero attached hydrogens (tertiary/aromatic N) is 7. The van der Waals surface area contributed by atoms with E-state index in [0.717, 1.165) is 19.3 Å². The first-order valence-electron chi connectivity index (χ1n) is 12.2. The Morgan fingerprint density at radius 2 is 1.97 bits per heavy atom. The lowest BCUT2D eigenvalue weighted by Crippen LogP contribution is -2.59. The summed E-state index contributed by atoms with van der Waals surface area (Å²) in [6.45, 7) is 2.37. The first kappa shape index (κ1) is 23.7. The molecule has 12 nitrogen and oxygen atoms in total. The number of rotatable bonds is 7. The smallest absolute Gasteiger partial charge is 0.247 e. The van der Waals surface area contributed by atoms with Crippen LogP contribution in [-0.2, 0) is 4.74 Å². The molecule has 1 aliphatic carbocycles. The number of fused-ring (bicyclic) bond motifs is 1. The number of aliphatic hydroxyl groups is 1. The maximum absolute atomic E-state index is 10.8. The molecule has 6 rings (SSSR count). The van der Waals surface area contributed by atoms with E-state index >= 15 is 0 Å². The molecular weight excluding hydrogens is 496 g/mol. The predicted octanol–water partition coefficient (Wildman–Crippen LogP) is 1.77. The standard InChI is InChI=1S/C24H25ClN10O2/c25-21-18(31-24-32-22(30-14-1-2-14)23-28-9-16(8-27)35(23)33-24)5-13(7-26)6-19(21)34-4-3-17(20(36)10-34)29-15-11-37-12-15/h5-6,9,14-15,17,20,29,36H,1-4,10-12H2,(H2,30,31,32,33)/t17-,20-/m1/s1. The van der Waals surface area contributed by atoms with Gasteiger partial charge in [0.1, 0.15) is 6.07 Å². The van der Waals surface area contributed by atoms with Crippen molar-refractivity contribution in [3.05, 3.63) is 34.6 Å². The molecule has 1 saturated carbocycles. The van der Waals surface area contributed by atoms with Gasteiger partial charge in [0.05, 0.1) is 59.6 Å². The van der Waals surface area contributed by atoms with Crippen molar-refractivity contribution in [1.29, 1.82) is 10.5 Å². The fourth-order valence-electron chi connectivity index (χ4n) is 4.62. The lowest BCUT2D eigenvalue weighted by atomic mass is 9.99. The number of halogens is 1. The Bertz CT molecular complexity index is 1420. The van der Waals surface area contributed by atoms with Crippen molar-refractivity contribution < 1.29 is 9.84 Å². The summed E-state index contributed by atoms with van der Waals surface area (Å²) in [5.74, 6) is 0.725. The third-order valence-corrected chi connectivity index (χ3v) is 7.23. The number of benzene rings is 1. The Kier molecular flexibility index (Phi) is 6.18. The lowest BCUT2D eigenvalue weighted by Gasteiger charge is -2.41. The Morgan fingerprint density at radius 3 is 2.65 bits per heavy atom. The molecule has 2 aromatic heterocycles. The zero-order valence-corrected chi connectivity index (χ0v) is 20.6. The molecule has 1 aromatic carbocycles. The zero-order valence-electron chi connectivity index (χ0n) is 19.9. The normalized spacial score (nSPS) is 21.8. The SMILES string of the molecule is N#Cc1cc(Nc2nc(NC3CC3)c3ncc(C#N)n3n2)c(Cl)c(N2CC[C@@H](NC3COC3)[C@H](O)C2)c1. The fourth-order valence-corrected chi connectivity index (χ4v) is 4.90. The molecule has 13 heteroatoms. The lowest BCUT2D eigenvalue weighted by molar-refractivity contribution is -0.0214. The number of imidazole rings is 1. The van der Waals surface area contributed by atoms with Gasteiger partial charge in [-0.15, -0.1) is 5.10 Å². The third-order valence-electron chi connectivity index (χ3n) is 6.83. The van der Waals surface area contributed by atoms with Gasteiger partial charge in [-0.05, 0) is 31.4 Å². The Hall–Kier alpha value is -3.68. The summed E-state index contributed by atoms with van der Waals surface area (Å²) in [5, 5.41) is 44.7. The number of hydrogen-bond acceptors (Lipinski definition) is 11. The summed E-state index contributed by atoms with van der Waals surface area (Å²) in [5.41, 5.74) is 2.24. The van der Waals surface area contributed by atoms with Gasteiger partial charge in [-0.3, -0.25) is 0 Å². The van der Waals surface area contributed by atoms with Crippen molar-refractivity contribution in [3.8, 4) is 12.1 Å². The number of nitriles is 2. The summed E-state index contributed by atoms with van der Waals surface area (Å²) in [6, 6.07) is 8.20. The highest BCUT2D eigenvalue weighted by molar-refractivity contribution is 6.36. The highest BCUT2D eigenvalue weighted by Crippen LogP contribution is 2.37. The quantitative estimate of drug-likeness (QED) is 0.359. The van der Waals surface area contributed by atoms with E-state index in [-0.39, 0.29) is 23.7 Å². The number of aromatic nitrogens is 4. The summed E-state index contributed by atoms with van der Waals surface area (Å²) in [4.78, 5) is 10.9. The average Bonchev–Trinajstić information content (AvgIpc) is 3.59. The van der Waals surface area contributed by atoms with Crippen LogP contribution in [0.4, 0.5) is 23.1 Å². The highest BCUT2D eigenvalue weighted by Gasteiger charge is 2.32. The Labute approximate surface area is 217 Å². The van der Waals surface area contributed by atoms with E-state index in [0.29, 0.717) is 65.8 Å². The van der Waals surface area contributed by atoms with Crippen LogP contribution in [0.25, 0.3) is 5.65 Å². The van der Waals surface area contributed by atoms with Gasteiger partial charge in [0, 0.05) is 25.2 Å². The molecule has 0 bridgehead atoms. The molecule has 0 radical (unpaired) electrons. The number of piperidine rings is 1. The topological polar surface area (TPSA) is 159 Å². The monoisotopic (exact) mass is 520 g/mol. The van der Waals surface area contributed by atoms with Gasteiger partial charge in [0.2, 0.25) is 5.95 Å². The molecule has 0 spiro atoms. The van der Waals surface area contributed by atoms with Crippen LogP contribution in [0.15, 0.2) is 18.3 Å². The van der Waals surface area contributed by atoms with E-state index in [2.05, 4.69) is 43.2 Å². The molecule has 3 fully saturated rings. The summed E-state index contributed by atoms with van der Waals surface area (Å²) in [6.07, 6.45) is 3.66. The van der Waals surface area contributed by atoms with Crippen LogP contribution in [0.5, 0.6) is 0 Å². The molecular formula is C24H25ClN10O2. The van der Waals surface area contributed by atoms with Crippen molar-refractivity contribution in [2.24, 2.45) is 0 Å². The molecule has 4 N–H and O–H groups in total. The van der Waals surface area contributed by atoms with E-state index < -0.39 is 6.10 Å². The van der Waals surface area contributed by atoms with Gasteiger partial charge < -0.3 is 30.7 Å². The van der Waals surface area contributed by atoms with Crippen LogP contribution in [0, 0.1) is 22.7 Å². The van der Waals surface area contributed by atoms with Crippen LogP contribution < -0.4 is 20.9 Å². The maximum Gasteiger partial charge on any atom is 0.247 e. The van der Waals surface area contributed by atoms with Crippen molar-refractivity contribution in [1.82, 2.24) is 24.9 Å². The van der Waals surface area contributed by atoms with Crippen molar-refractivity contribution >= 4 is 40.4 Å². The number of nitrogens with one attached hydrogen (secondary N) is 3. The molecule has 2 atom stereocenters. The largest absolute Gasteiger partial charge is 0.390 e. The van der Waals surface area contributed by atoms with Crippen LogP contribution >= 0.6 is 11.6 Å². The number of ether oxygens (including phenoxy) is 1. The molecule has 0 amide bonds. The van der Waals surface area contributed by atoms with Crippen LogP contribution in [0.2, 0.25) is 5.02 Å². The average molecular weight is 521 g/mol. The zero-order chi connectivity index (χ0) is 25.5. The number of aliphatic hydroxyl groups excluding tert-OH is 1. The first-order chi connectivity index (χ1) is 18.0. The maximum atomic E-state index is 10.8. The molecule has 2 aliphatic heterocycles. The van der Waals surface area contributed by atoms with Crippen LogP contribution in [0.1, 0.15) is 30.5 Å². The highest BCUT2D eigenvalue weighted by atomic mass is 35.5. The van der Waals surface area contributed by atoms with Crippen molar-refractivity contribution in [2.75, 3.05) is 41.8 Å². The second-order valence-electron chi connectivity index (χ2n) is 9.60. The van der Waals surface area contributed by atoms with Crippen molar-refractivity contribution in [3.63, 3.8) is 0 Å². The van der Waals surface area contributed by atoms with Gasteiger partial charge in [-0.25, -0.2) is 4.98 Å². The number of hydrogen-bond donors (Lipinski definition) is 4.